The van der Waals surface area contributed by atoms with Gasteiger partial charge >= 0.3 is 0 Å². The number of halogens is 2. The highest BCUT2D eigenvalue weighted by atomic mass is 19.3. The van der Waals surface area contributed by atoms with Gasteiger partial charge in [0.05, 0.1) is 17.4 Å². The molecule has 9 heteroatoms. The molecule has 1 aliphatic carbocycles. The molecule has 1 amide bonds. The highest BCUT2D eigenvalue weighted by molar-refractivity contribution is 6.06. The first kappa shape index (κ1) is 22.0. The van der Waals surface area contributed by atoms with Crippen molar-refractivity contribution in [2.45, 2.75) is 64.0 Å². The van der Waals surface area contributed by atoms with Crippen molar-refractivity contribution in [1.29, 1.82) is 0 Å². The standard InChI is InChI=1S/C24H30F2N6O/c1-15-11-16(19-13-27-31(2)20(19)14-32-9-3-4-10-32)12-18-21(15)29-30-22(18)23(33)28-17-5-7-24(25,26)8-6-17/h11-13,17H,3-10,14H2,1-2H3,(H,28,33)(H,29,30). The summed E-state index contributed by atoms with van der Waals surface area (Å²) in [5, 5.41) is 15.4. The summed E-state index contributed by atoms with van der Waals surface area (Å²) < 4.78 is 28.9. The molecule has 1 aliphatic heterocycles. The zero-order chi connectivity index (χ0) is 23.2. The van der Waals surface area contributed by atoms with Crippen LogP contribution in [-0.2, 0) is 13.6 Å². The third kappa shape index (κ3) is 4.38. The number of hydrogen-bond donors (Lipinski definition) is 2. The summed E-state index contributed by atoms with van der Waals surface area (Å²) in [6.45, 7) is 5.02. The quantitative estimate of drug-likeness (QED) is 0.604. The minimum atomic E-state index is -2.62. The molecule has 3 aromatic rings. The fourth-order valence-corrected chi connectivity index (χ4v) is 5.11. The monoisotopic (exact) mass is 456 g/mol. The number of carbonyl (C=O) groups is 1. The van der Waals surface area contributed by atoms with Gasteiger partial charge in [-0.25, -0.2) is 8.78 Å². The zero-order valence-electron chi connectivity index (χ0n) is 19.1. The summed E-state index contributed by atoms with van der Waals surface area (Å²) in [6.07, 6.45) is 4.52. The Morgan fingerprint density at radius 3 is 2.70 bits per heavy atom. The lowest BCUT2D eigenvalue weighted by Gasteiger charge is -2.28. The molecule has 0 atom stereocenters. The molecular weight excluding hydrogens is 426 g/mol. The van der Waals surface area contributed by atoms with E-state index in [1.807, 2.05) is 30.9 Å². The molecule has 1 saturated heterocycles. The highest BCUT2D eigenvalue weighted by Gasteiger charge is 2.35. The summed E-state index contributed by atoms with van der Waals surface area (Å²) in [6, 6.07) is 3.82. The van der Waals surface area contributed by atoms with Crippen LogP contribution in [0.25, 0.3) is 22.0 Å². The van der Waals surface area contributed by atoms with Crippen molar-refractivity contribution < 1.29 is 13.6 Å². The number of H-pyrrole nitrogens is 1. The van der Waals surface area contributed by atoms with Gasteiger partial charge in [0.2, 0.25) is 5.92 Å². The summed E-state index contributed by atoms with van der Waals surface area (Å²) in [7, 11) is 1.96. The number of nitrogens with one attached hydrogen (secondary N) is 2. The molecule has 2 N–H and O–H groups in total. The fourth-order valence-electron chi connectivity index (χ4n) is 5.11. The number of alkyl halides is 2. The molecule has 1 saturated carbocycles. The van der Waals surface area contributed by atoms with E-state index in [2.05, 4.69) is 31.6 Å². The normalized spacial score (nSPS) is 19.4. The number of aryl methyl sites for hydroxylation is 2. The van der Waals surface area contributed by atoms with E-state index in [-0.39, 0.29) is 37.6 Å². The Kier molecular flexibility index (Phi) is 5.68. The van der Waals surface area contributed by atoms with Gasteiger partial charge < -0.3 is 5.32 Å². The molecular formula is C24H30F2N6O. The van der Waals surface area contributed by atoms with E-state index < -0.39 is 5.92 Å². The van der Waals surface area contributed by atoms with Gasteiger partial charge in [-0.1, -0.05) is 0 Å². The lowest BCUT2D eigenvalue weighted by Crippen LogP contribution is -2.40. The van der Waals surface area contributed by atoms with E-state index >= 15 is 0 Å². The Balaban J connectivity index is 1.43. The first-order chi connectivity index (χ1) is 15.8. The second kappa shape index (κ2) is 8.52. The van der Waals surface area contributed by atoms with E-state index in [4.69, 9.17) is 0 Å². The largest absolute Gasteiger partial charge is 0.348 e. The Morgan fingerprint density at radius 2 is 1.97 bits per heavy atom. The minimum Gasteiger partial charge on any atom is -0.348 e. The molecule has 33 heavy (non-hydrogen) atoms. The fraction of sp³-hybridized carbons (Fsp3) is 0.542. The van der Waals surface area contributed by atoms with Crippen LogP contribution in [0.3, 0.4) is 0 Å². The number of likely N-dealkylation sites (tertiary alicyclic amines) is 1. The first-order valence-electron chi connectivity index (χ1n) is 11.7. The number of fused-ring (bicyclic) bond motifs is 1. The van der Waals surface area contributed by atoms with Crippen LogP contribution in [0.15, 0.2) is 18.3 Å². The van der Waals surface area contributed by atoms with E-state index in [9.17, 15) is 13.6 Å². The predicted molar refractivity (Wildman–Crippen MR) is 122 cm³/mol. The zero-order valence-corrected chi connectivity index (χ0v) is 19.1. The van der Waals surface area contributed by atoms with E-state index in [1.165, 1.54) is 12.8 Å². The van der Waals surface area contributed by atoms with Crippen molar-refractivity contribution in [3.63, 3.8) is 0 Å². The maximum absolute atomic E-state index is 13.5. The van der Waals surface area contributed by atoms with Crippen molar-refractivity contribution in [2.75, 3.05) is 13.1 Å². The molecule has 1 aromatic carbocycles. The maximum Gasteiger partial charge on any atom is 0.270 e. The summed E-state index contributed by atoms with van der Waals surface area (Å²) in [4.78, 5) is 15.5. The number of aromatic amines is 1. The smallest absolute Gasteiger partial charge is 0.270 e. The van der Waals surface area contributed by atoms with Crippen molar-refractivity contribution in [3.05, 3.63) is 35.3 Å². The van der Waals surface area contributed by atoms with Gasteiger partial charge in [0.25, 0.3) is 5.91 Å². The van der Waals surface area contributed by atoms with Gasteiger partial charge in [0.15, 0.2) is 0 Å². The predicted octanol–water partition coefficient (Wildman–Crippen LogP) is 4.18. The average Bonchev–Trinajstić information content (AvgIpc) is 3.51. The summed E-state index contributed by atoms with van der Waals surface area (Å²) in [5.41, 5.74) is 5.27. The van der Waals surface area contributed by atoms with Gasteiger partial charge in [-0.2, -0.15) is 10.2 Å². The van der Waals surface area contributed by atoms with Crippen LogP contribution in [0.5, 0.6) is 0 Å². The molecule has 7 nitrogen and oxygen atoms in total. The maximum atomic E-state index is 13.5. The molecule has 2 aromatic heterocycles. The SMILES string of the molecule is Cc1cc(-c2cnn(C)c2CN2CCCC2)cc2c(C(=O)NC3CCC(F)(F)CC3)[nH]nc12. The van der Waals surface area contributed by atoms with Gasteiger partial charge in [0.1, 0.15) is 5.69 Å². The van der Waals surface area contributed by atoms with Crippen LogP contribution < -0.4 is 5.32 Å². The number of benzene rings is 1. The van der Waals surface area contributed by atoms with Gasteiger partial charge in [-0.3, -0.25) is 19.5 Å². The molecule has 5 rings (SSSR count). The molecule has 2 aliphatic rings. The van der Waals surface area contributed by atoms with Crippen LogP contribution in [-0.4, -0.2) is 55.8 Å². The van der Waals surface area contributed by atoms with Crippen molar-refractivity contribution in [2.24, 2.45) is 7.05 Å². The first-order valence-corrected chi connectivity index (χ1v) is 11.7. The Labute approximate surface area is 191 Å². The van der Waals surface area contributed by atoms with Crippen molar-refractivity contribution in [1.82, 2.24) is 30.2 Å². The highest BCUT2D eigenvalue weighted by Crippen LogP contribution is 2.34. The van der Waals surface area contributed by atoms with Crippen LogP contribution in [0.4, 0.5) is 8.78 Å². The number of rotatable bonds is 5. The molecule has 2 fully saturated rings. The molecule has 176 valence electrons. The van der Waals surface area contributed by atoms with E-state index in [1.54, 1.807) is 0 Å². The second-order valence-electron chi connectivity index (χ2n) is 9.50. The number of hydrogen-bond acceptors (Lipinski definition) is 4. The second-order valence-corrected chi connectivity index (χ2v) is 9.50. The van der Waals surface area contributed by atoms with Crippen LogP contribution in [0.1, 0.15) is 60.3 Å². The van der Waals surface area contributed by atoms with Crippen molar-refractivity contribution >= 4 is 16.8 Å². The van der Waals surface area contributed by atoms with Crippen LogP contribution in [0, 0.1) is 6.92 Å². The molecule has 3 heterocycles. The number of nitrogens with zero attached hydrogens (tertiary/aromatic N) is 4. The van der Waals surface area contributed by atoms with Gasteiger partial charge in [-0.05, 0) is 69.0 Å². The molecule has 0 unspecified atom stereocenters. The molecule has 0 radical (unpaired) electrons. The van der Waals surface area contributed by atoms with E-state index in [0.29, 0.717) is 5.69 Å². The third-order valence-electron chi connectivity index (χ3n) is 7.07. The number of amides is 1. The Morgan fingerprint density at radius 1 is 1.24 bits per heavy atom. The van der Waals surface area contributed by atoms with E-state index in [0.717, 1.165) is 52.9 Å². The lowest BCUT2D eigenvalue weighted by molar-refractivity contribution is -0.0399. The van der Waals surface area contributed by atoms with Crippen LogP contribution >= 0.6 is 0 Å². The van der Waals surface area contributed by atoms with Crippen LogP contribution in [0.2, 0.25) is 0 Å². The van der Waals surface area contributed by atoms with Gasteiger partial charge in [-0.15, -0.1) is 0 Å². The van der Waals surface area contributed by atoms with Crippen molar-refractivity contribution in [3.8, 4) is 11.1 Å². The lowest BCUT2D eigenvalue weighted by atomic mass is 9.92. The topological polar surface area (TPSA) is 78.8 Å². The number of carbonyl (C=O) groups excluding carboxylic acids is 1. The van der Waals surface area contributed by atoms with Gasteiger partial charge in [0, 0.05) is 43.4 Å². The number of aromatic nitrogens is 4. The molecule has 0 bridgehead atoms. The summed E-state index contributed by atoms with van der Waals surface area (Å²) >= 11 is 0. The Bertz CT molecular complexity index is 1170. The molecule has 0 spiro atoms. The third-order valence-corrected chi connectivity index (χ3v) is 7.07. The average molecular weight is 457 g/mol. The summed E-state index contributed by atoms with van der Waals surface area (Å²) in [5.74, 6) is -2.92. The Hall–Kier alpha value is -2.81. The minimum absolute atomic E-state index is 0.189.